The molecule has 172 valence electrons. The number of carbonyl (C=O) groups is 2. The zero-order valence-electron chi connectivity index (χ0n) is 19.2. The predicted octanol–water partition coefficient (Wildman–Crippen LogP) is 5.07. The van der Waals surface area contributed by atoms with E-state index in [2.05, 4.69) is 71.0 Å². The Morgan fingerprint density at radius 3 is 2.28 bits per heavy atom. The number of halogens is 1. The van der Waals surface area contributed by atoms with Gasteiger partial charge in [-0.1, -0.05) is 65.9 Å². The number of rotatable bonds is 10. The summed E-state index contributed by atoms with van der Waals surface area (Å²) < 4.78 is 0.220. The van der Waals surface area contributed by atoms with Crippen LogP contribution >= 0.6 is 22.6 Å². The molecule has 1 saturated heterocycles. The molecule has 0 aliphatic carbocycles. The Balaban J connectivity index is 1.60. The van der Waals surface area contributed by atoms with E-state index in [1.54, 1.807) is 0 Å². The van der Waals surface area contributed by atoms with Gasteiger partial charge < -0.3 is 4.90 Å². The molecule has 0 aromatic heterocycles. The summed E-state index contributed by atoms with van der Waals surface area (Å²) in [5.74, 6) is 0.236. The Morgan fingerprint density at radius 1 is 1.09 bits per heavy atom. The summed E-state index contributed by atoms with van der Waals surface area (Å²) in [6, 6.07) is 16.4. The molecule has 2 aromatic carbocycles. The summed E-state index contributed by atoms with van der Waals surface area (Å²) in [6.45, 7) is 6.04. The second-order valence-corrected chi connectivity index (χ2v) is 11.5. The van der Waals surface area contributed by atoms with E-state index in [-0.39, 0.29) is 21.2 Å². The van der Waals surface area contributed by atoms with Gasteiger partial charge in [-0.2, -0.15) is 0 Å². The topological polar surface area (TPSA) is 58.6 Å². The Morgan fingerprint density at radius 2 is 1.72 bits per heavy atom. The van der Waals surface area contributed by atoms with Crippen LogP contribution < -0.4 is 5.48 Å². The number of carbonyl (C=O) groups excluding carboxylic acids is 2. The van der Waals surface area contributed by atoms with Gasteiger partial charge in [0.2, 0.25) is 5.91 Å². The van der Waals surface area contributed by atoms with Gasteiger partial charge in [0.25, 0.3) is 5.91 Å². The van der Waals surface area contributed by atoms with Crippen molar-refractivity contribution in [1.82, 2.24) is 10.4 Å². The van der Waals surface area contributed by atoms with Crippen molar-refractivity contribution in [3.8, 4) is 0 Å². The zero-order valence-corrected chi connectivity index (χ0v) is 21.4. The minimum absolute atomic E-state index is 0.220. The molecule has 1 unspecified atom stereocenters. The van der Waals surface area contributed by atoms with Crippen LogP contribution in [-0.4, -0.2) is 40.3 Å². The summed E-state index contributed by atoms with van der Waals surface area (Å²) in [4.78, 5) is 31.4. The van der Waals surface area contributed by atoms with Crippen LogP contribution in [0, 0.1) is 0 Å². The highest BCUT2D eigenvalue weighted by atomic mass is 127. The molecule has 1 aliphatic heterocycles. The molecule has 1 atom stereocenters. The molecule has 2 amide bonds. The number of hydrogen-bond donors (Lipinski definition) is 1. The van der Waals surface area contributed by atoms with Gasteiger partial charge in [0.1, 0.15) is 0 Å². The quantitative estimate of drug-likeness (QED) is 0.256. The molecule has 1 aliphatic rings. The minimum atomic E-state index is -0.248. The number of hydroxylamine groups is 1. The molecule has 1 heterocycles. The van der Waals surface area contributed by atoms with Crippen LogP contribution in [0.4, 0.5) is 0 Å². The van der Waals surface area contributed by atoms with Crippen LogP contribution in [0.3, 0.4) is 0 Å². The van der Waals surface area contributed by atoms with Crippen molar-refractivity contribution in [3.63, 3.8) is 0 Å². The van der Waals surface area contributed by atoms with Gasteiger partial charge in [-0.25, -0.2) is 5.48 Å². The van der Waals surface area contributed by atoms with E-state index in [1.165, 1.54) is 23.8 Å². The van der Waals surface area contributed by atoms with Gasteiger partial charge in [0.05, 0.1) is 10.5 Å². The molecule has 0 spiro atoms. The maximum absolute atomic E-state index is 12.9. The summed E-state index contributed by atoms with van der Waals surface area (Å²) in [5, 5.41) is 0. The normalized spacial score (nSPS) is 15.7. The van der Waals surface area contributed by atoms with E-state index in [9.17, 15) is 9.59 Å². The van der Waals surface area contributed by atoms with Crippen LogP contribution in [-0.2, 0) is 22.5 Å². The smallest absolute Gasteiger partial charge is 0.274 e. The van der Waals surface area contributed by atoms with Crippen molar-refractivity contribution in [2.45, 2.75) is 55.3 Å². The fraction of sp³-hybridized carbons (Fsp3) is 0.462. The maximum Gasteiger partial charge on any atom is 0.274 e. The van der Waals surface area contributed by atoms with Crippen molar-refractivity contribution in [2.75, 3.05) is 20.2 Å². The van der Waals surface area contributed by atoms with Gasteiger partial charge in [-0.3, -0.25) is 14.4 Å². The third-order valence-electron chi connectivity index (χ3n) is 6.10. The largest absolute Gasteiger partial charge is 0.340 e. The number of nitrogens with zero attached hydrogens (tertiary/aromatic N) is 1. The lowest BCUT2D eigenvalue weighted by molar-refractivity contribution is -0.136. The summed E-state index contributed by atoms with van der Waals surface area (Å²) in [5.41, 5.74) is 6.67. The number of benzene rings is 2. The van der Waals surface area contributed by atoms with Crippen molar-refractivity contribution in [1.29, 1.82) is 0 Å². The van der Waals surface area contributed by atoms with Crippen LogP contribution in [0.25, 0.3) is 0 Å². The highest BCUT2D eigenvalue weighted by molar-refractivity contribution is 14.1. The standard InChI is InChI=1S/C26H33IN2O3/c1-4-19-8-12-21(13-9-19)23(16-24(30)29-17-26(2,27)18-29)7-5-6-20-10-14-22(15-11-20)25(31)28-32-3/h8-15,23H,4-7,16-18H2,1-3H3,(H,28,31). The van der Waals surface area contributed by atoms with Crippen LogP contribution in [0.1, 0.15) is 66.1 Å². The van der Waals surface area contributed by atoms with Crippen molar-refractivity contribution in [2.24, 2.45) is 0 Å². The van der Waals surface area contributed by atoms with Gasteiger partial charge >= 0.3 is 0 Å². The van der Waals surface area contributed by atoms with E-state index >= 15 is 0 Å². The monoisotopic (exact) mass is 548 g/mol. The molecule has 5 nitrogen and oxygen atoms in total. The first-order valence-corrected chi connectivity index (χ1v) is 12.4. The lowest BCUT2D eigenvalue weighted by Gasteiger charge is -2.44. The van der Waals surface area contributed by atoms with Crippen LogP contribution in [0.2, 0.25) is 0 Å². The highest BCUT2D eigenvalue weighted by Crippen LogP contribution is 2.33. The first-order valence-electron chi connectivity index (χ1n) is 11.3. The molecular formula is C26H33IN2O3. The molecular weight excluding hydrogens is 515 g/mol. The zero-order chi connectivity index (χ0) is 23.1. The van der Waals surface area contributed by atoms with E-state index in [0.717, 1.165) is 38.8 Å². The lowest BCUT2D eigenvalue weighted by atomic mass is 9.88. The summed E-state index contributed by atoms with van der Waals surface area (Å²) in [6.07, 6.45) is 4.44. The third kappa shape index (κ3) is 6.78. The van der Waals surface area contributed by atoms with E-state index in [1.807, 2.05) is 29.2 Å². The van der Waals surface area contributed by atoms with E-state index in [4.69, 9.17) is 0 Å². The predicted molar refractivity (Wildman–Crippen MR) is 136 cm³/mol. The van der Waals surface area contributed by atoms with E-state index in [0.29, 0.717) is 12.0 Å². The van der Waals surface area contributed by atoms with Crippen molar-refractivity contribution in [3.05, 3.63) is 70.8 Å². The molecule has 0 bridgehead atoms. The number of aryl methyl sites for hydroxylation is 2. The first-order chi connectivity index (χ1) is 15.3. The van der Waals surface area contributed by atoms with Gasteiger partial charge in [-0.05, 0) is 67.3 Å². The number of amides is 2. The van der Waals surface area contributed by atoms with E-state index < -0.39 is 0 Å². The molecule has 0 saturated carbocycles. The summed E-state index contributed by atoms with van der Waals surface area (Å²) in [7, 11) is 1.42. The van der Waals surface area contributed by atoms with Gasteiger partial charge in [0, 0.05) is 25.1 Å². The Bertz CT molecular complexity index is 902. The number of alkyl halides is 1. The number of hydrogen-bond acceptors (Lipinski definition) is 3. The number of nitrogens with one attached hydrogen (secondary N) is 1. The fourth-order valence-corrected chi connectivity index (χ4v) is 5.03. The Kier molecular flexibility index (Phi) is 8.71. The molecule has 6 heteroatoms. The first kappa shape index (κ1) is 24.7. The van der Waals surface area contributed by atoms with Crippen LogP contribution in [0.5, 0.6) is 0 Å². The fourth-order valence-electron chi connectivity index (χ4n) is 4.20. The summed E-state index contributed by atoms with van der Waals surface area (Å²) >= 11 is 2.44. The lowest BCUT2D eigenvalue weighted by Crippen LogP contribution is -2.58. The van der Waals surface area contributed by atoms with Crippen LogP contribution in [0.15, 0.2) is 48.5 Å². The minimum Gasteiger partial charge on any atom is -0.340 e. The molecule has 0 radical (unpaired) electrons. The molecule has 3 rings (SSSR count). The van der Waals surface area contributed by atoms with Gasteiger partial charge in [-0.15, -0.1) is 0 Å². The average molecular weight is 548 g/mol. The van der Waals surface area contributed by atoms with Crippen molar-refractivity contribution < 1.29 is 14.4 Å². The van der Waals surface area contributed by atoms with Gasteiger partial charge in [0.15, 0.2) is 0 Å². The number of likely N-dealkylation sites (tertiary alicyclic amines) is 1. The second kappa shape index (κ2) is 11.3. The average Bonchev–Trinajstić information content (AvgIpc) is 2.77. The molecule has 32 heavy (non-hydrogen) atoms. The Hall–Kier alpha value is -1.93. The molecule has 1 N–H and O–H groups in total. The second-order valence-electron chi connectivity index (χ2n) is 8.88. The molecule has 1 fully saturated rings. The van der Waals surface area contributed by atoms with Crippen molar-refractivity contribution >= 4 is 34.4 Å². The molecule has 2 aromatic rings. The Labute approximate surface area is 205 Å². The highest BCUT2D eigenvalue weighted by Gasteiger charge is 2.39. The maximum atomic E-state index is 12.9. The third-order valence-corrected chi connectivity index (χ3v) is 6.79. The SMILES string of the molecule is CCc1ccc(C(CCCc2ccc(C(=O)NOC)cc2)CC(=O)N2CC(C)(I)C2)cc1.